The number of ether oxygens (including phenoxy) is 2. The third kappa shape index (κ3) is 3.09. The van der Waals surface area contributed by atoms with Crippen molar-refractivity contribution in [3.05, 3.63) is 29.8 Å². The van der Waals surface area contributed by atoms with E-state index in [9.17, 15) is 0 Å². The highest BCUT2D eigenvalue weighted by Crippen LogP contribution is 2.29. The molecule has 0 aliphatic heterocycles. The summed E-state index contributed by atoms with van der Waals surface area (Å²) in [5, 5.41) is 8.26. The van der Waals surface area contributed by atoms with Crippen LogP contribution in [0.3, 0.4) is 0 Å². The van der Waals surface area contributed by atoms with Crippen LogP contribution in [0.4, 0.5) is 0 Å². The molecule has 0 spiro atoms. The maximum atomic E-state index is 5.36. The largest absolute Gasteiger partial charge is 0.493 e. The molecule has 0 radical (unpaired) electrons. The fourth-order valence-corrected chi connectivity index (χ4v) is 2.07. The first-order valence-corrected chi connectivity index (χ1v) is 7.21. The van der Waals surface area contributed by atoms with Crippen molar-refractivity contribution in [3.8, 4) is 11.5 Å². The molecule has 20 heavy (non-hydrogen) atoms. The van der Waals surface area contributed by atoms with E-state index < -0.39 is 0 Å². The summed E-state index contributed by atoms with van der Waals surface area (Å²) in [6.07, 6.45) is 4.55. The average Bonchev–Trinajstić information content (AvgIpc) is 2.94. The molecule has 6 nitrogen and oxygen atoms in total. The number of halogens is 1. The lowest BCUT2D eigenvalue weighted by molar-refractivity contribution is 0.348. The Hall–Kier alpha value is -1.63. The van der Waals surface area contributed by atoms with E-state index in [2.05, 4.69) is 38.1 Å². The van der Waals surface area contributed by atoms with Gasteiger partial charge in [0.1, 0.15) is 5.69 Å². The minimum absolute atomic E-state index is 0.219. The zero-order valence-electron chi connectivity index (χ0n) is 11.7. The molecule has 0 saturated heterocycles. The molecule has 0 fully saturated rings. The van der Waals surface area contributed by atoms with E-state index in [0.29, 0.717) is 18.0 Å². The van der Waals surface area contributed by atoms with Gasteiger partial charge in [0, 0.05) is 12.3 Å². The lowest BCUT2D eigenvalue weighted by Gasteiger charge is -2.11. The normalized spacial score (nSPS) is 12.2. The van der Waals surface area contributed by atoms with E-state index >= 15 is 0 Å². The summed E-state index contributed by atoms with van der Waals surface area (Å²) < 4.78 is 12.4. The van der Waals surface area contributed by atoms with Gasteiger partial charge in [0.05, 0.1) is 37.5 Å². The van der Waals surface area contributed by atoms with Gasteiger partial charge in [0.15, 0.2) is 11.5 Å². The van der Waals surface area contributed by atoms with Crippen molar-refractivity contribution in [2.24, 2.45) is 0 Å². The van der Waals surface area contributed by atoms with Crippen molar-refractivity contribution in [2.45, 2.75) is 24.7 Å². The summed E-state index contributed by atoms with van der Waals surface area (Å²) >= 11 is 3.56. The van der Waals surface area contributed by atoms with Crippen molar-refractivity contribution in [1.82, 2.24) is 20.0 Å². The predicted molar refractivity (Wildman–Crippen MR) is 78.4 cm³/mol. The molecular formula is C13H17BrN4O2. The Morgan fingerprint density at radius 1 is 1.35 bits per heavy atom. The highest BCUT2D eigenvalue weighted by atomic mass is 79.9. The van der Waals surface area contributed by atoms with Crippen LogP contribution in [0, 0.1) is 0 Å². The standard InChI is InChI=1S/C13H17BrN4O2/c1-4-9(14)10-7-18(17-16-10)8-11-13(20-3)12(19-2)5-6-15-11/h5-7,9H,4,8H2,1-3H3. The lowest BCUT2D eigenvalue weighted by Crippen LogP contribution is -2.05. The SMILES string of the molecule is CCC(Br)c1cn(Cc2nccc(OC)c2OC)nn1. The van der Waals surface area contributed by atoms with E-state index in [4.69, 9.17) is 9.47 Å². The number of hydrogen-bond acceptors (Lipinski definition) is 5. The Balaban J connectivity index is 2.24. The summed E-state index contributed by atoms with van der Waals surface area (Å²) in [6, 6.07) is 1.76. The van der Waals surface area contributed by atoms with E-state index in [0.717, 1.165) is 17.8 Å². The van der Waals surface area contributed by atoms with Crippen molar-refractivity contribution in [2.75, 3.05) is 14.2 Å². The maximum absolute atomic E-state index is 5.36. The van der Waals surface area contributed by atoms with Crippen molar-refractivity contribution >= 4 is 15.9 Å². The van der Waals surface area contributed by atoms with Crippen molar-refractivity contribution in [1.29, 1.82) is 0 Å². The van der Waals surface area contributed by atoms with Crippen LogP contribution >= 0.6 is 15.9 Å². The molecule has 2 aromatic heterocycles. The third-order valence-corrected chi connectivity index (χ3v) is 4.03. The molecule has 1 atom stereocenters. The first-order chi connectivity index (χ1) is 9.69. The number of rotatable bonds is 6. The highest BCUT2D eigenvalue weighted by Gasteiger charge is 2.14. The molecule has 0 aromatic carbocycles. The first-order valence-electron chi connectivity index (χ1n) is 6.29. The fourth-order valence-electron chi connectivity index (χ4n) is 1.86. The molecule has 0 bridgehead atoms. The second-order valence-electron chi connectivity index (χ2n) is 4.21. The highest BCUT2D eigenvalue weighted by molar-refractivity contribution is 9.09. The van der Waals surface area contributed by atoms with Crippen LogP contribution in [0.25, 0.3) is 0 Å². The van der Waals surface area contributed by atoms with Crippen molar-refractivity contribution < 1.29 is 9.47 Å². The summed E-state index contributed by atoms with van der Waals surface area (Å²) in [5.74, 6) is 1.28. The van der Waals surface area contributed by atoms with Crippen LogP contribution in [0.1, 0.15) is 29.6 Å². The topological polar surface area (TPSA) is 62.1 Å². The van der Waals surface area contributed by atoms with Gasteiger partial charge in [-0.05, 0) is 6.42 Å². The maximum Gasteiger partial charge on any atom is 0.184 e. The van der Waals surface area contributed by atoms with Gasteiger partial charge in [-0.3, -0.25) is 4.98 Å². The van der Waals surface area contributed by atoms with Gasteiger partial charge in [-0.25, -0.2) is 4.68 Å². The summed E-state index contributed by atoms with van der Waals surface area (Å²) in [6.45, 7) is 2.57. The number of alkyl halides is 1. The van der Waals surface area contributed by atoms with Gasteiger partial charge in [-0.2, -0.15) is 0 Å². The molecule has 2 rings (SSSR count). The molecule has 0 aliphatic carbocycles. The van der Waals surface area contributed by atoms with Gasteiger partial charge < -0.3 is 9.47 Å². The molecule has 2 heterocycles. The number of pyridine rings is 1. The quantitative estimate of drug-likeness (QED) is 0.756. The monoisotopic (exact) mass is 340 g/mol. The smallest absolute Gasteiger partial charge is 0.184 e. The number of nitrogens with zero attached hydrogens (tertiary/aromatic N) is 4. The number of methoxy groups -OCH3 is 2. The Bertz CT molecular complexity index is 573. The van der Waals surface area contributed by atoms with Crippen LogP contribution < -0.4 is 9.47 Å². The van der Waals surface area contributed by atoms with Gasteiger partial charge in [-0.1, -0.05) is 28.1 Å². The Morgan fingerprint density at radius 2 is 2.15 bits per heavy atom. The number of aromatic nitrogens is 4. The van der Waals surface area contributed by atoms with Gasteiger partial charge in [-0.15, -0.1) is 5.10 Å². The molecule has 0 N–H and O–H groups in total. The molecule has 2 aromatic rings. The Morgan fingerprint density at radius 3 is 2.80 bits per heavy atom. The predicted octanol–water partition coefficient (Wildman–Crippen LogP) is 2.58. The lowest BCUT2D eigenvalue weighted by atomic mass is 10.2. The summed E-state index contributed by atoms with van der Waals surface area (Å²) in [5.41, 5.74) is 1.67. The summed E-state index contributed by atoms with van der Waals surface area (Å²) in [7, 11) is 3.20. The van der Waals surface area contributed by atoms with E-state index in [1.807, 2.05) is 6.20 Å². The van der Waals surface area contributed by atoms with E-state index in [-0.39, 0.29) is 4.83 Å². The van der Waals surface area contributed by atoms with E-state index in [1.54, 1.807) is 31.2 Å². The Labute approximate surface area is 126 Å². The third-order valence-electron chi connectivity index (χ3n) is 2.91. The average molecular weight is 341 g/mol. The van der Waals surface area contributed by atoms with Crippen LogP contribution in [0.2, 0.25) is 0 Å². The molecule has 1 unspecified atom stereocenters. The number of hydrogen-bond donors (Lipinski definition) is 0. The fraction of sp³-hybridized carbons (Fsp3) is 0.462. The van der Waals surface area contributed by atoms with Gasteiger partial charge in [0.25, 0.3) is 0 Å². The van der Waals surface area contributed by atoms with Crippen molar-refractivity contribution in [3.63, 3.8) is 0 Å². The molecule has 0 amide bonds. The van der Waals surface area contributed by atoms with Crippen LogP contribution in [-0.2, 0) is 6.54 Å². The second-order valence-corrected chi connectivity index (χ2v) is 5.32. The zero-order valence-corrected chi connectivity index (χ0v) is 13.3. The van der Waals surface area contributed by atoms with E-state index in [1.165, 1.54) is 0 Å². The van der Waals surface area contributed by atoms with Crippen LogP contribution in [-0.4, -0.2) is 34.2 Å². The minimum Gasteiger partial charge on any atom is -0.493 e. The molecular weight excluding hydrogens is 324 g/mol. The second kappa shape index (κ2) is 6.69. The molecule has 0 aliphatic rings. The Kier molecular flexibility index (Phi) is 4.94. The summed E-state index contributed by atoms with van der Waals surface area (Å²) in [4.78, 5) is 4.54. The van der Waals surface area contributed by atoms with Gasteiger partial charge >= 0.3 is 0 Å². The molecule has 108 valence electrons. The molecule has 7 heteroatoms. The van der Waals surface area contributed by atoms with Gasteiger partial charge in [0.2, 0.25) is 0 Å². The molecule has 0 saturated carbocycles. The van der Waals surface area contributed by atoms with Crippen LogP contribution in [0.15, 0.2) is 18.5 Å². The first kappa shape index (κ1) is 14.8. The van der Waals surface area contributed by atoms with Crippen LogP contribution in [0.5, 0.6) is 11.5 Å². The minimum atomic E-state index is 0.219. The zero-order chi connectivity index (χ0) is 14.5.